The highest BCUT2D eigenvalue weighted by molar-refractivity contribution is 6.12. The Labute approximate surface area is 82.2 Å². The normalized spacial score (nSPS) is 12.4. The minimum absolute atomic E-state index is 0.00119. The van der Waals surface area contributed by atoms with Crippen LogP contribution in [0.5, 0.6) is 0 Å². The molecule has 5 nitrogen and oxygen atoms in total. The lowest BCUT2D eigenvalue weighted by atomic mass is 10.2. The van der Waals surface area contributed by atoms with E-state index in [1.165, 1.54) is 19.2 Å². The maximum atomic E-state index is 10.8. The second-order valence-corrected chi connectivity index (χ2v) is 2.61. The minimum Gasteiger partial charge on any atom is -0.398 e. The summed E-state index contributed by atoms with van der Waals surface area (Å²) in [5, 5.41) is 0. The first-order chi connectivity index (χ1) is 6.49. The van der Waals surface area contributed by atoms with Gasteiger partial charge in [0, 0.05) is 11.9 Å². The van der Waals surface area contributed by atoms with Crippen LogP contribution in [0.3, 0.4) is 0 Å². The Morgan fingerprint density at radius 2 is 2.00 bits per heavy atom. The summed E-state index contributed by atoms with van der Waals surface area (Å²) in [5.74, 6) is -0.808. The van der Waals surface area contributed by atoms with Gasteiger partial charge in [-0.1, -0.05) is 6.58 Å². The third-order valence-corrected chi connectivity index (χ3v) is 1.33. The highest BCUT2D eigenvalue weighted by Gasteiger charge is 2.04. The molecule has 0 aliphatic carbocycles. The molecular formula is C9H13N3O2. The first-order valence-electron chi connectivity index (χ1n) is 3.90. The van der Waals surface area contributed by atoms with E-state index in [1.807, 2.05) is 0 Å². The van der Waals surface area contributed by atoms with E-state index in [9.17, 15) is 9.59 Å². The molecule has 0 rings (SSSR count). The van der Waals surface area contributed by atoms with Crippen LogP contribution >= 0.6 is 0 Å². The molecule has 76 valence electrons. The van der Waals surface area contributed by atoms with Gasteiger partial charge in [-0.25, -0.2) is 0 Å². The molecule has 0 saturated heterocycles. The third kappa shape index (κ3) is 4.20. The molecule has 0 aliphatic heterocycles. The summed E-state index contributed by atoms with van der Waals surface area (Å²) >= 11 is 0. The molecule has 0 heterocycles. The lowest BCUT2D eigenvalue weighted by molar-refractivity contribution is -0.116. The zero-order valence-corrected chi connectivity index (χ0v) is 7.99. The van der Waals surface area contributed by atoms with Crippen molar-refractivity contribution in [2.24, 2.45) is 16.5 Å². The maximum Gasteiger partial charge on any atom is 0.252 e. The standard InChI is InChI=1S/C9H13N3O2/c1-3-8(10)7(9(11)14)5-12-4-6(2)13/h3,5H,1,4,10H2,2H3,(H2,11,14)/b8-7-,12-5?. The summed E-state index contributed by atoms with van der Waals surface area (Å²) in [6.45, 7) is 4.78. The fourth-order valence-electron chi connectivity index (χ4n) is 0.656. The van der Waals surface area contributed by atoms with Gasteiger partial charge in [-0.3, -0.25) is 14.6 Å². The largest absolute Gasteiger partial charge is 0.398 e. The van der Waals surface area contributed by atoms with Crippen molar-refractivity contribution in [3.8, 4) is 0 Å². The van der Waals surface area contributed by atoms with Crippen molar-refractivity contribution in [1.82, 2.24) is 0 Å². The van der Waals surface area contributed by atoms with Crippen molar-refractivity contribution in [3.63, 3.8) is 0 Å². The smallest absolute Gasteiger partial charge is 0.252 e. The summed E-state index contributed by atoms with van der Waals surface area (Å²) in [5.41, 5.74) is 10.6. The summed E-state index contributed by atoms with van der Waals surface area (Å²) < 4.78 is 0. The van der Waals surface area contributed by atoms with Gasteiger partial charge in [0.05, 0.1) is 12.1 Å². The number of nitrogens with two attached hydrogens (primary N) is 2. The Bertz CT molecular complexity index is 316. The number of Topliss-reactive ketones (excluding diaryl/α,β-unsaturated/α-hetero) is 1. The summed E-state index contributed by atoms with van der Waals surface area (Å²) in [7, 11) is 0. The van der Waals surface area contributed by atoms with E-state index in [4.69, 9.17) is 11.5 Å². The fourth-order valence-corrected chi connectivity index (χ4v) is 0.656. The zero-order valence-electron chi connectivity index (χ0n) is 7.99. The van der Waals surface area contributed by atoms with Gasteiger partial charge in [0.1, 0.15) is 0 Å². The molecule has 0 spiro atoms. The lowest BCUT2D eigenvalue weighted by Crippen LogP contribution is -2.19. The minimum atomic E-state index is -0.699. The molecule has 0 atom stereocenters. The number of hydrogen-bond acceptors (Lipinski definition) is 4. The van der Waals surface area contributed by atoms with Crippen molar-refractivity contribution >= 4 is 17.9 Å². The highest BCUT2D eigenvalue weighted by atomic mass is 16.1. The van der Waals surface area contributed by atoms with Gasteiger partial charge in [0.25, 0.3) is 5.91 Å². The summed E-state index contributed by atoms with van der Waals surface area (Å²) in [6, 6.07) is 0. The Morgan fingerprint density at radius 3 is 2.36 bits per heavy atom. The molecule has 0 radical (unpaired) electrons. The number of rotatable bonds is 5. The molecule has 5 heteroatoms. The van der Waals surface area contributed by atoms with Gasteiger partial charge in [-0.2, -0.15) is 0 Å². The molecule has 0 bridgehead atoms. The average molecular weight is 195 g/mol. The molecule has 0 aromatic carbocycles. The van der Waals surface area contributed by atoms with Gasteiger partial charge in [0.2, 0.25) is 0 Å². The Balaban J connectivity index is 4.72. The number of ketones is 1. The van der Waals surface area contributed by atoms with Crippen molar-refractivity contribution < 1.29 is 9.59 Å². The second-order valence-electron chi connectivity index (χ2n) is 2.61. The number of carbonyl (C=O) groups is 2. The summed E-state index contributed by atoms with van der Waals surface area (Å²) in [4.78, 5) is 25.1. The lowest BCUT2D eigenvalue weighted by Gasteiger charge is -1.98. The maximum absolute atomic E-state index is 10.8. The van der Waals surface area contributed by atoms with Crippen molar-refractivity contribution in [2.75, 3.05) is 6.54 Å². The molecule has 14 heavy (non-hydrogen) atoms. The molecule has 0 saturated carbocycles. The van der Waals surface area contributed by atoms with Crippen LogP contribution in [0.1, 0.15) is 6.92 Å². The molecule has 0 aromatic heterocycles. The van der Waals surface area contributed by atoms with Crippen molar-refractivity contribution in [3.05, 3.63) is 23.9 Å². The number of allylic oxidation sites excluding steroid dienone is 1. The van der Waals surface area contributed by atoms with Gasteiger partial charge in [-0.05, 0) is 13.0 Å². The van der Waals surface area contributed by atoms with E-state index in [0.29, 0.717) is 0 Å². The number of aliphatic imine (C=N–C) groups is 1. The van der Waals surface area contributed by atoms with E-state index in [0.717, 1.165) is 0 Å². The number of carbonyl (C=O) groups excluding carboxylic acids is 2. The van der Waals surface area contributed by atoms with Gasteiger partial charge < -0.3 is 11.5 Å². The van der Waals surface area contributed by atoms with Crippen molar-refractivity contribution in [1.29, 1.82) is 0 Å². The number of primary amides is 1. The average Bonchev–Trinajstić information content (AvgIpc) is 2.10. The quantitative estimate of drug-likeness (QED) is 0.352. The predicted octanol–water partition coefficient (Wildman–Crippen LogP) is -0.470. The van der Waals surface area contributed by atoms with E-state index >= 15 is 0 Å². The highest BCUT2D eigenvalue weighted by Crippen LogP contribution is 1.96. The van der Waals surface area contributed by atoms with Gasteiger partial charge in [0.15, 0.2) is 5.78 Å². The van der Waals surface area contributed by atoms with Crippen LogP contribution in [0.2, 0.25) is 0 Å². The fraction of sp³-hybridized carbons (Fsp3) is 0.222. The molecule has 0 aliphatic rings. The third-order valence-electron chi connectivity index (χ3n) is 1.33. The van der Waals surface area contributed by atoms with Crippen LogP contribution < -0.4 is 11.5 Å². The SMILES string of the molecule is C=C/C(N)=C(\C=NCC(C)=O)C(N)=O. The number of nitrogens with zero attached hydrogens (tertiary/aromatic N) is 1. The topological polar surface area (TPSA) is 98.5 Å². The molecule has 1 amide bonds. The Hall–Kier alpha value is -1.91. The van der Waals surface area contributed by atoms with E-state index in [2.05, 4.69) is 11.6 Å². The van der Waals surface area contributed by atoms with Crippen LogP contribution in [-0.4, -0.2) is 24.4 Å². The van der Waals surface area contributed by atoms with E-state index in [-0.39, 0.29) is 23.6 Å². The van der Waals surface area contributed by atoms with E-state index in [1.54, 1.807) is 0 Å². The van der Waals surface area contributed by atoms with Crippen LogP contribution in [0.15, 0.2) is 28.9 Å². The van der Waals surface area contributed by atoms with Crippen molar-refractivity contribution in [2.45, 2.75) is 6.92 Å². The van der Waals surface area contributed by atoms with Gasteiger partial charge in [-0.15, -0.1) is 0 Å². The predicted molar refractivity (Wildman–Crippen MR) is 54.6 cm³/mol. The number of hydrogen-bond donors (Lipinski definition) is 2. The Morgan fingerprint density at radius 1 is 1.43 bits per heavy atom. The molecule has 0 aromatic rings. The summed E-state index contributed by atoms with van der Waals surface area (Å²) in [6.07, 6.45) is 2.47. The van der Waals surface area contributed by atoms with E-state index < -0.39 is 5.91 Å². The molecule has 4 N–H and O–H groups in total. The Kier molecular flexibility index (Phi) is 4.91. The van der Waals surface area contributed by atoms with Crippen LogP contribution in [0.4, 0.5) is 0 Å². The van der Waals surface area contributed by atoms with Gasteiger partial charge >= 0.3 is 0 Å². The monoisotopic (exact) mass is 195 g/mol. The molecule has 0 fully saturated rings. The number of amides is 1. The van der Waals surface area contributed by atoms with Crippen LogP contribution in [0, 0.1) is 0 Å². The first-order valence-corrected chi connectivity index (χ1v) is 3.90. The second kappa shape index (κ2) is 5.69. The van der Waals surface area contributed by atoms with Crippen LogP contribution in [0.25, 0.3) is 0 Å². The molecule has 0 unspecified atom stereocenters. The van der Waals surface area contributed by atoms with Crippen LogP contribution in [-0.2, 0) is 9.59 Å². The first kappa shape index (κ1) is 12.1. The zero-order chi connectivity index (χ0) is 11.1. The molecular weight excluding hydrogens is 182 g/mol.